The Labute approximate surface area is 143 Å². The molecule has 0 fully saturated rings. The number of rotatable bonds is 8. The molecular formula is C17H26ClN3O2. The lowest BCUT2D eigenvalue weighted by molar-refractivity contribution is 0.0949. The van der Waals surface area contributed by atoms with Crippen LogP contribution < -0.4 is 16.0 Å². The number of amides is 3. The molecular weight excluding hydrogens is 314 g/mol. The van der Waals surface area contributed by atoms with Gasteiger partial charge in [0.15, 0.2) is 0 Å². The van der Waals surface area contributed by atoms with Crippen LogP contribution in [0.25, 0.3) is 0 Å². The van der Waals surface area contributed by atoms with E-state index in [2.05, 4.69) is 22.9 Å². The van der Waals surface area contributed by atoms with E-state index in [4.69, 9.17) is 11.6 Å². The summed E-state index contributed by atoms with van der Waals surface area (Å²) in [5, 5.41) is 8.62. The third-order valence-corrected chi connectivity index (χ3v) is 3.52. The molecule has 0 aromatic heterocycles. The van der Waals surface area contributed by atoms with Crippen LogP contribution in [0, 0.1) is 5.92 Å². The van der Waals surface area contributed by atoms with E-state index in [0.29, 0.717) is 35.3 Å². The molecule has 3 N–H and O–H groups in total. The second-order valence-electron chi connectivity index (χ2n) is 5.89. The molecule has 0 saturated carbocycles. The summed E-state index contributed by atoms with van der Waals surface area (Å²) in [5.74, 6) is 0.161. The first kappa shape index (κ1) is 19.3. The van der Waals surface area contributed by atoms with Gasteiger partial charge in [0.05, 0.1) is 10.6 Å². The lowest BCUT2D eigenvalue weighted by Gasteiger charge is -2.11. The van der Waals surface area contributed by atoms with E-state index in [1.54, 1.807) is 18.2 Å². The highest BCUT2D eigenvalue weighted by Crippen LogP contribution is 2.21. The lowest BCUT2D eigenvalue weighted by atomic mass is 10.1. The Morgan fingerprint density at radius 2 is 1.91 bits per heavy atom. The molecule has 6 heteroatoms. The molecule has 0 spiro atoms. The van der Waals surface area contributed by atoms with E-state index in [9.17, 15) is 9.59 Å². The van der Waals surface area contributed by atoms with Gasteiger partial charge in [0.1, 0.15) is 0 Å². The molecule has 0 saturated heterocycles. The van der Waals surface area contributed by atoms with Crippen molar-refractivity contribution in [1.29, 1.82) is 0 Å². The van der Waals surface area contributed by atoms with Gasteiger partial charge >= 0.3 is 6.03 Å². The first-order valence-corrected chi connectivity index (χ1v) is 8.44. The van der Waals surface area contributed by atoms with Gasteiger partial charge in [-0.2, -0.15) is 0 Å². The quantitative estimate of drug-likeness (QED) is 0.625. The molecule has 0 atom stereocenters. The Balaban J connectivity index is 2.55. The SMILES string of the molecule is CCCCCNC(=O)Nc1ccc(C(=O)NCC(C)C)c(Cl)c1. The highest BCUT2D eigenvalue weighted by molar-refractivity contribution is 6.34. The number of anilines is 1. The fourth-order valence-corrected chi connectivity index (χ4v) is 2.19. The van der Waals surface area contributed by atoms with Crippen LogP contribution in [0.2, 0.25) is 5.02 Å². The molecule has 128 valence electrons. The van der Waals surface area contributed by atoms with Crippen molar-refractivity contribution in [2.24, 2.45) is 5.92 Å². The van der Waals surface area contributed by atoms with E-state index in [1.165, 1.54) is 0 Å². The number of hydrogen-bond donors (Lipinski definition) is 3. The number of nitrogens with one attached hydrogen (secondary N) is 3. The van der Waals surface area contributed by atoms with Crippen LogP contribution in [0.15, 0.2) is 18.2 Å². The van der Waals surface area contributed by atoms with E-state index < -0.39 is 0 Å². The molecule has 23 heavy (non-hydrogen) atoms. The van der Waals surface area contributed by atoms with Gasteiger partial charge in [-0.1, -0.05) is 45.2 Å². The molecule has 0 aliphatic heterocycles. The molecule has 3 amide bonds. The Kier molecular flexibility index (Phi) is 8.48. The fourth-order valence-electron chi connectivity index (χ4n) is 1.92. The van der Waals surface area contributed by atoms with Gasteiger partial charge in [-0.05, 0) is 30.5 Å². The largest absolute Gasteiger partial charge is 0.352 e. The number of unbranched alkanes of at least 4 members (excludes halogenated alkanes) is 2. The van der Waals surface area contributed by atoms with Crippen molar-refractivity contribution in [1.82, 2.24) is 10.6 Å². The number of halogens is 1. The molecule has 1 rings (SSSR count). The third kappa shape index (κ3) is 7.37. The van der Waals surface area contributed by atoms with Crippen molar-refractivity contribution in [2.75, 3.05) is 18.4 Å². The minimum Gasteiger partial charge on any atom is -0.352 e. The predicted molar refractivity (Wildman–Crippen MR) is 95.2 cm³/mol. The zero-order chi connectivity index (χ0) is 17.2. The average Bonchev–Trinajstić information content (AvgIpc) is 2.49. The van der Waals surface area contributed by atoms with E-state index in [-0.39, 0.29) is 11.9 Å². The maximum atomic E-state index is 12.0. The normalized spacial score (nSPS) is 10.5. The van der Waals surface area contributed by atoms with Gasteiger partial charge in [-0.3, -0.25) is 4.79 Å². The molecule has 5 nitrogen and oxygen atoms in total. The molecule has 0 aliphatic carbocycles. The maximum Gasteiger partial charge on any atom is 0.319 e. The van der Waals surface area contributed by atoms with Crippen molar-refractivity contribution in [3.05, 3.63) is 28.8 Å². The Bertz CT molecular complexity index is 533. The topological polar surface area (TPSA) is 70.2 Å². The molecule has 0 radical (unpaired) electrons. The van der Waals surface area contributed by atoms with Crippen LogP contribution >= 0.6 is 11.6 Å². The second-order valence-corrected chi connectivity index (χ2v) is 6.29. The number of carbonyl (C=O) groups excluding carboxylic acids is 2. The summed E-state index contributed by atoms with van der Waals surface area (Å²) >= 11 is 6.14. The van der Waals surface area contributed by atoms with Crippen molar-refractivity contribution in [3.63, 3.8) is 0 Å². The van der Waals surface area contributed by atoms with Crippen molar-refractivity contribution in [2.45, 2.75) is 40.0 Å². The van der Waals surface area contributed by atoms with Crippen LogP contribution in [0.4, 0.5) is 10.5 Å². The summed E-state index contributed by atoms with van der Waals surface area (Å²) in [6.07, 6.45) is 3.16. The number of hydrogen-bond acceptors (Lipinski definition) is 2. The maximum absolute atomic E-state index is 12.0. The zero-order valence-corrected chi connectivity index (χ0v) is 14.8. The smallest absolute Gasteiger partial charge is 0.319 e. The minimum atomic E-state index is -0.269. The summed E-state index contributed by atoms with van der Waals surface area (Å²) in [4.78, 5) is 23.7. The first-order valence-electron chi connectivity index (χ1n) is 8.06. The number of urea groups is 1. The van der Waals surface area contributed by atoms with Crippen LogP contribution in [0.1, 0.15) is 50.4 Å². The second kappa shape index (κ2) is 10.1. The predicted octanol–water partition coefficient (Wildman–Crippen LogP) is 4.04. The Morgan fingerprint density at radius 1 is 1.17 bits per heavy atom. The molecule has 1 aromatic rings. The summed E-state index contributed by atoms with van der Waals surface area (Å²) in [5.41, 5.74) is 0.963. The minimum absolute atomic E-state index is 0.209. The lowest BCUT2D eigenvalue weighted by Crippen LogP contribution is -2.29. The van der Waals surface area contributed by atoms with Crippen LogP contribution in [0.3, 0.4) is 0 Å². The molecule has 0 aliphatic rings. The van der Waals surface area contributed by atoms with Crippen molar-refractivity contribution < 1.29 is 9.59 Å². The average molecular weight is 340 g/mol. The van der Waals surface area contributed by atoms with Gasteiger partial charge in [0.2, 0.25) is 0 Å². The number of carbonyl (C=O) groups is 2. The highest BCUT2D eigenvalue weighted by Gasteiger charge is 2.12. The standard InChI is InChI=1S/C17H26ClN3O2/c1-4-5-6-9-19-17(23)21-13-7-8-14(15(18)10-13)16(22)20-11-12(2)3/h7-8,10,12H,4-6,9,11H2,1-3H3,(H,20,22)(H2,19,21,23). The van der Waals surface area contributed by atoms with Gasteiger partial charge in [0, 0.05) is 18.8 Å². The summed E-state index contributed by atoms with van der Waals surface area (Å²) < 4.78 is 0. The van der Waals surface area contributed by atoms with Crippen LogP contribution in [-0.4, -0.2) is 25.0 Å². The Morgan fingerprint density at radius 3 is 2.52 bits per heavy atom. The monoisotopic (exact) mass is 339 g/mol. The van der Waals surface area contributed by atoms with Crippen LogP contribution in [-0.2, 0) is 0 Å². The molecule has 0 heterocycles. The van der Waals surface area contributed by atoms with E-state index in [1.807, 2.05) is 13.8 Å². The molecule has 0 bridgehead atoms. The summed E-state index contributed by atoms with van der Waals surface area (Å²) in [6, 6.07) is 4.60. The zero-order valence-electron chi connectivity index (χ0n) is 14.0. The van der Waals surface area contributed by atoms with E-state index >= 15 is 0 Å². The van der Waals surface area contributed by atoms with Gasteiger partial charge in [0.25, 0.3) is 5.91 Å². The van der Waals surface area contributed by atoms with Crippen molar-refractivity contribution >= 4 is 29.2 Å². The van der Waals surface area contributed by atoms with Gasteiger partial charge < -0.3 is 16.0 Å². The van der Waals surface area contributed by atoms with Crippen LogP contribution in [0.5, 0.6) is 0 Å². The highest BCUT2D eigenvalue weighted by atomic mass is 35.5. The summed E-state index contributed by atoms with van der Waals surface area (Å²) in [7, 11) is 0. The Hall–Kier alpha value is -1.75. The molecule has 0 unspecified atom stereocenters. The summed E-state index contributed by atoms with van der Waals surface area (Å²) in [6.45, 7) is 7.39. The third-order valence-electron chi connectivity index (χ3n) is 3.21. The van der Waals surface area contributed by atoms with Crippen molar-refractivity contribution in [3.8, 4) is 0 Å². The fraction of sp³-hybridized carbons (Fsp3) is 0.529. The van der Waals surface area contributed by atoms with E-state index in [0.717, 1.165) is 19.3 Å². The van der Waals surface area contributed by atoms with Gasteiger partial charge in [-0.25, -0.2) is 4.79 Å². The number of benzene rings is 1. The first-order chi connectivity index (χ1) is 10.9. The molecule has 1 aromatic carbocycles. The van der Waals surface area contributed by atoms with Gasteiger partial charge in [-0.15, -0.1) is 0 Å².